The smallest absolute Gasteiger partial charge is 0.258 e. The van der Waals surface area contributed by atoms with Crippen molar-refractivity contribution in [2.24, 2.45) is 0 Å². The van der Waals surface area contributed by atoms with E-state index in [1.165, 1.54) is 0 Å². The number of likely N-dealkylation sites (tertiary alicyclic amines) is 1. The molecule has 6 heteroatoms. The summed E-state index contributed by atoms with van der Waals surface area (Å²) in [5.41, 5.74) is 1.47. The van der Waals surface area contributed by atoms with E-state index in [1.807, 2.05) is 62.1 Å². The van der Waals surface area contributed by atoms with Crippen LogP contribution in [0.25, 0.3) is 11.3 Å². The average Bonchev–Trinajstić information content (AvgIpc) is 3.40. The Labute approximate surface area is 158 Å². The van der Waals surface area contributed by atoms with Crippen molar-refractivity contribution >= 4 is 5.91 Å². The van der Waals surface area contributed by atoms with E-state index in [1.54, 1.807) is 0 Å². The molecule has 4 rings (SSSR count). The first kappa shape index (κ1) is 17.5. The maximum Gasteiger partial charge on any atom is 0.258 e. The largest absolute Gasteiger partial charge is 0.461 e. The van der Waals surface area contributed by atoms with Gasteiger partial charge in [-0.05, 0) is 25.8 Å². The lowest BCUT2D eigenvalue weighted by molar-refractivity contribution is 0.0710. The summed E-state index contributed by atoms with van der Waals surface area (Å²) in [4.78, 5) is 19.7. The first-order valence-electron chi connectivity index (χ1n) is 9.35. The topological polar surface area (TPSA) is 72.4 Å². The summed E-state index contributed by atoms with van der Waals surface area (Å²) in [6.07, 6.45) is 1.73. The first-order chi connectivity index (χ1) is 13.0. The van der Waals surface area contributed by atoms with Crippen LogP contribution in [0.3, 0.4) is 0 Å². The molecular formula is C21H23N3O3. The standard InChI is InChI=1S/C21H23N3O3/c1-13(2)19-22-20(27-23-19)17-10-7-11-24(17)21(25)16-12-14(3)26-18(16)15-8-5-4-6-9-15/h4-6,8-9,12-13,17H,7,10-11H2,1-3H3/t17-/m1/s1. The molecule has 0 bridgehead atoms. The van der Waals surface area contributed by atoms with Crippen LogP contribution in [0.4, 0.5) is 0 Å². The summed E-state index contributed by atoms with van der Waals surface area (Å²) in [6.45, 7) is 6.57. The van der Waals surface area contributed by atoms with Crippen LogP contribution in [0.1, 0.15) is 66.5 Å². The summed E-state index contributed by atoms with van der Waals surface area (Å²) in [7, 11) is 0. The van der Waals surface area contributed by atoms with E-state index in [2.05, 4.69) is 10.1 Å². The van der Waals surface area contributed by atoms with Crippen molar-refractivity contribution in [2.75, 3.05) is 6.54 Å². The van der Waals surface area contributed by atoms with E-state index >= 15 is 0 Å². The molecule has 3 heterocycles. The molecule has 0 saturated carbocycles. The van der Waals surface area contributed by atoms with Crippen molar-refractivity contribution in [3.05, 3.63) is 59.4 Å². The molecule has 1 aliphatic rings. The average molecular weight is 365 g/mol. The van der Waals surface area contributed by atoms with Crippen LogP contribution in [-0.2, 0) is 0 Å². The Bertz CT molecular complexity index is 943. The third-order valence-electron chi connectivity index (χ3n) is 4.89. The van der Waals surface area contributed by atoms with Gasteiger partial charge in [0.25, 0.3) is 5.91 Å². The highest BCUT2D eigenvalue weighted by Crippen LogP contribution is 2.35. The van der Waals surface area contributed by atoms with Crippen LogP contribution in [0, 0.1) is 6.92 Å². The van der Waals surface area contributed by atoms with E-state index in [0.717, 1.165) is 18.4 Å². The molecular weight excluding hydrogens is 342 g/mol. The molecule has 0 aliphatic carbocycles. The highest BCUT2D eigenvalue weighted by Gasteiger charge is 2.36. The Morgan fingerprint density at radius 3 is 2.74 bits per heavy atom. The fraction of sp³-hybridized carbons (Fsp3) is 0.381. The number of rotatable bonds is 4. The fourth-order valence-electron chi connectivity index (χ4n) is 3.52. The zero-order valence-electron chi connectivity index (χ0n) is 15.8. The second-order valence-corrected chi connectivity index (χ2v) is 7.27. The second-order valence-electron chi connectivity index (χ2n) is 7.27. The van der Waals surface area contributed by atoms with E-state index < -0.39 is 0 Å². The number of hydrogen-bond acceptors (Lipinski definition) is 5. The van der Waals surface area contributed by atoms with Crippen LogP contribution in [-0.4, -0.2) is 27.5 Å². The van der Waals surface area contributed by atoms with Crippen LogP contribution >= 0.6 is 0 Å². The SMILES string of the molecule is Cc1cc(C(=O)N2CCC[C@@H]2c2nc(C(C)C)no2)c(-c2ccccc2)o1. The predicted octanol–water partition coefficient (Wildman–Crippen LogP) is 4.74. The van der Waals surface area contributed by atoms with Crippen molar-refractivity contribution in [1.29, 1.82) is 0 Å². The van der Waals surface area contributed by atoms with Crippen LogP contribution < -0.4 is 0 Å². The molecule has 140 valence electrons. The van der Waals surface area contributed by atoms with E-state index in [0.29, 0.717) is 35.3 Å². The zero-order chi connectivity index (χ0) is 19.0. The molecule has 1 aliphatic heterocycles. The summed E-state index contributed by atoms with van der Waals surface area (Å²) in [5.74, 6) is 2.65. The minimum atomic E-state index is -0.184. The van der Waals surface area contributed by atoms with Gasteiger partial charge in [-0.2, -0.15) is 4.98 Å². The third-order valence-corrected chi connectivity index (χ3v) is 4.89. The number of carbonyl (C=O) groups excluding carboxylic acids is 1. The van der Waals surface area contributed by atoms with Gasteiger partial charge in [-0.15, -0.1) is 0 Å². The molecule has 2 aromatic heterocycles. The maximum atomic E-state index is 13.4. The van der Waals surface area contributed by atoms with Gasteiger partial charge in [-0.3, -0.25) is 4.79 Å². The Balaban J connectivity index is 1.66. The minimum Gasteiger partial charge on any atom is -0.461 e. The van der Waals surface area contributed by atoms with E-state index in [4.69, 9.17) is 8.94 Å². The molecule has 0 N–H and O–H groups in total. The lowest BCUT2D eigenvalue weighted by atomic mass is 10.1. The lowest BCUT2D eigenvalue weighted by Gasteiger charge is -2.21. The van der Waals surface area contributed by atoms with Gasteiger partial charge in [-0.25, -0.2) is 0 Å². The minimum absolute atomic E-state index is 0.0579. The molecule has 1 amide bonds. The Morgan fingerprint density at radius 2 is 2.04 bits per heavy atom. The number of carbonyl (C=O) groups is 1. The van der Waals surface area contributed by atoms with Gasteiger partial charge in [0.15, 0.2) is 5.82 Å². The number of aromatic nitrogens is 2. The Kier molecular flexibility index (Phi) is 4.56. The number of amides is 1. The summed E-state index contributed by atoms with van der Waals surface area (Å²) >= 11 is 0. The zero-order valence-corrected chi connectivity index (χ0v) is 15.8. The second kappa shape index (κ2) is 7.02. The number of benzene rings is 1. The monoisotopic (exact) mass is 365 g/mol. The third kappa shape index (κ3) is 3.27. The number of furan rings is 1. The van der Waals surface area contributed by atoms with Gasteiger partial charge >= 0.3 is 0 Å². The predicted molar refractivity (Wildman–Crippen MR) is 100 cm³/mol. The van der Waals surface area contributed by atoms with Crippen molar-refractivity contribution < 1.29 is 13.7 Å². The van der Waals surface area contributed by atoms with Gasteiger partial charge in [0.05, 0.1) is 5.56 Å². The van der Waals surface area contributed by atoms with E-state index in [9.17, 15) is 4.79 Å². The fourth-order valence-corrected chi connectivity index (χ4v) is 3.52. The normalized spacial score (nSPS) is 17.0. The molecule has 1 aromatic carbocycles. The summed E-state index contributed by atoms with van der Waals surface area (Å²) in [6, 6.07) is 11.3. The number of aryl methyl sites for hydroxylation is 1. The van der Waals surface area contributed by atoms with Crippen molar-refractivity contribution in [3.63, 3.8) is 0 Å². The van der Waals surface area contributed by atoms with Crippen LogP contribution in [0.2, 0.25) is 0 Å². The molecule has 1 atom stereocenters. The molecule has 27 heavy (non-hydrogen) atoms. The van der Waals surface area contributed by atoms with Crippen molar-refractivity contribution in [2.45, 2.75) is 45.6 Å². The summed E-state index contributed by atoms with van der Waals surface area (Å²) < 4.78 is 11.3. The van der Waals surface area contributed by atoms with Gasteiger partial charge in [-0.1, -0.05) is 49.3 Å². The Hall–Kier alpha value is -2.89. The summed E-state index contributed by atoms with van der Waals surface area (Å²) in [5, 5.41) is 4.05. The van der Waals surface area contributed by atoms with Crippen molar-refractivity contribution in [1.82, 2.24) is 15.0 Å². The number of hydrogen-bond donors (Lipinski definition) is 0. The van der Waals surface area contributed by atoms with Gasteiger partial charge in [0.1, 0.15) is 17.6 Å². The van der Waals surface area contributed by atoms with E-state index in [-0.39, 0.29) is 17.9 Å². The van der Waals surface area contributed by atoms with Crippen LogP contribution in [0.5, 0.6) is 0 Å². The molecule has 0 unspecified atom stereocenters. The molecule has 0 spiro atoms. The molecule has 1 fully saturated rings. The molecule has 3 aromatic rings. The molecule has 1 saturated heterocycles. The number of nitrogens with zero attached hydrogens (tertiary/aromatic N) is 3. The highest BCUT2D eigenvalue weighted by molar-refractivity contribution is 6.00. The first-order valence-corrected chi connectivity index (χ1v) is 9.35. The quantitative estimate of drug-likeness (QED) is 0.668. The molecule has 0 radical (unpaired) electrons. The highest BCUT2D eigenvalue weighted by atomic mass is 16.5. The van der Waals surface area contributed by atoms with Gasteiger partial charge in [0, 0.05) is 18.0 Å². The van der Waals surface area contributed by atoms with Crippen molar-refractivity contribution in [3.8, 4) is 11.3 Å². The molecule has 6 nitrogen and oxygen atoms in total. The van der Waals surface area contributed by atoms with Gasteiger partial charge in [0.2, 0.25) is 5.89 Å². The van der Waals surface area contributed by atoms with Gasteiger partial charge < -0.3 is 13.8 Å². The maximum absolute atomic E-state index is 13.4. The lowest BCUT2D eigenvalue weighted by Crippen LogP contribution is -2.30. The van der Waals surface area contributed by atoms with Crippen LogP contribution in [0.15, 0.2) is 45.3 Å². The Morgan fingerprint density at radius 1 is 1.26 bits per heavy atom.